The molecule has 2 N–H and O–H groups in total. The largest absolute Gasteiger partial charge is 0.375 e. The van der Waals surface area contributed by atoms with Gasteiger partial charge in [0.1, 0.15) is 5.39 Å². The van der Waals surface area contributed by atoms with Gasteiger partial charge in [-0.2, -0.15) is 4.98 Å². The minimum absolute atomic E-state index is 0.0505. The van der Waals surface area contributed by atoms with E-state index in [-0.39, 0.29) is 17.2 Å². The van der Waals surface area contributed by atoms with Crippen LogP contribution in [0.4, 0.5) is 5.95 Å². The van der Waals surface area contributed by atoms with Gasteiger partial charge >= 0.3 is 0 Å². The van der Waals surface area contributed by atoms with Crippen LogP contribution in [-0.2, 0) is 0 Å². The molecule has 0 amide bonds. The van der Waals surface area contributed by atoms with Gasteiger partial charge in [-0.25, -0.2) is 4.68 Å². The second-order valence-electron chi connectivity index (χ2n) is 5.67. The fourth-order valence-electron chi connectivity index (χ4n) is 2.56. The van der Waals surface area contributed by atoms with Gasteiger partial charge in [-0.05, 0) is 37.1 Å². The molecule has 6 nitrogen and oxygen atoms in total. The highest BCUT2D eigenvalue weighted by molar-refractivity contribution is 9.10. The molecule has 2 aromatic heterocycles. The van der Waals surface area contributed by atoms with Gasteiger partial charge in [-0.3, -0.25) is 9.78 Å². The first-order chi connectivity index (χ1) is 11.1. The monoisotopic (exact) mass is 377 g/mol. The van der Waals surface area contributed by atoms with E-state index < -0.39 is 5.24 Å². The number of aromatic nitrogens is 4. The second-order valence-corrected chi connectivity index (χ2v) is 6.59. The third kappa shape index (κ3) is 3.28. The predicted octanol–water partition coefficient (Wildman–Crippen LogP) is 1.02. The van der Waals surface area contributed by atoms with E-state index in [2.05, 4.69) is 36.3 Å². The first kappa shape index (κ1) is 16.9. The van der Waals surface area contributed by atoms with Crippen LogP contribution in [0.15, 0.2) is 27.6 Å². The molecular weight excluding hydrogens is 367 g/mol. The van der Waals surface area contributed by atoms with Crippen molar-refractivity contribution in [1.82, 2.24) is 19.7 Å². The number of anilines is 1. The van der Waals surface area contributed by atoms with Crippen LogP contribution in [0.25, 0.3) is 16.7 Å². The summed E-state index contributed by atoms with van der Waals surface area (Å²) in [5.41, 5.74) is 2.79. The quantitative estimate of drug-likeness (QED) is 0.668. The Kier molecular flexibility index (Phi) is 4.11. The first-order valence-electron chi connectivity index (χ1n) is 7.06. The molecule has 1 aromatic carbocycles. The summed E-state index contributed by atoms with van der Waals surface area (Å²) in [5, 5.41) is 5.54. The van der Waals surface area contributed by atoms with Gasteiger partial charge in [0.15, 0.2) is 5.65 Å². The van der Waals surface area contributed by atoms with Crippen molar-refractivity contribution < 1.29 is 0 Å². The van der Waals surface area contributed by atoms with E-state index in [1.54, 1.807) is 10.9 Å². The van der Waals surface area contributed by atoms with Crippen LogP contribution in [0, 0.1) is 13.8 Å². The highest BCUT2D eigenvalue weighted by Crippen LogP contribution is 2.24. The molecule has 114 valence electrons. The number of nitrogens with zero attached hydrogens (tertiary/aromatic N) is 3. The maximum absolute atomic E-state index is 12.2. The Morgan fingerprint density at radius 3 is 2.46 bits per heavy atom. The molecule has 6 radical (unpaired) electrons. The number of hydrogen-bond donors (Lipinski definition) is 2. The number of hydrogen-bond acceptors (Lipinski definition) is 4. The van der Waals surface area contributed by atoms with Crippen molar-refractivity contribution in [1.29, 1.82) is 0 Å². The summed E-state index contributed by atoms with van der Waals surface area (Å²) in [4.78, 5) is 19.0. The van der Waals surface area contributed by atoms with Crippen LogP contribution in [0.3, 0.4) is 0 Å². The summed E-state index contributed by atoms with van der Waals surface area (Å²) in [6.45, 7) is 3.94. The lowest BCUT2D eigenvalue weighted by molar-refractivity contribution is 0.872. The van der Waals surface area contributed by atoms with Gasteiger partial charge < -0.3 is 5.32 Å². The molecule has 0 fully saturated rings. The highest BCUT2D eigenvalue weighted by Gasteiger charge is 2.15. The molecule has 3 rings (SSSR count). The lowest BCUT2D eigenvalue weighted by atomic mass is 9.49. The average molecular weight is 378 g/mol. The third-order valence-electron chi connectivity index (χ3n) is 3.41. The smallest absolute Gasteiger partial charge is 0.263 e. The number of aryl methyl sites for hydroxylation is 2. The minimum atomic E-state index is -1.70. The van der Waals surface area contributed by atoms with Crippen LogP contribution in [-0.4, -0.2) is 48.5 Å². The Labute approximate surface area is 150 Å². The molecule has 0 unspecified atom stereocenters. The number of halogens is 1. The molecular formula is C14H11B3BrN5O. The van der Waals surface area contributed by atoms with E-state index in [4.69, 9.17) is 23.5 Å². The van der Waals surface area contributed by atoms with Gasteiger partial charge in [0.05, 0.1) is 29.2 Å². The Bertz CT molecular complexity index is 969. The molecule has 2 heterocycles. The zero-order valence-electron chi connectivity index (χ0n) is 13.1. The number of H-pyrrole nitrogens is 1. The van der Waals surface area contributed by atoms with Crippen LogP contribution in [0.2, 0.25) is 0 Å². The molecule has 0 aliphatic rings. The summed E-state index contributed by atoms with van der Waals surface area (Å²) in [6, 6.07) is 3.95. The fourth-order valence-corrected chi connectivity index (χ4v) is 3.25. The molecule has 10 heteroatoms. The zero-order chi connectivity index (χ0) is 17.6. The SMILES string of the molecule is [B]C([B])([B])Nc1nc2nn(-c3c(C)cc(Br)cc3C)cc2c(=O)[nH]1. The van der Waals surface area contributed by atoms with E-state index in [1.165, 1.54) is 0 Å². The number of aromatic amines is 1. The number of fused-ring (bicyclic) bond motifs is 1. The second kappa shape index (κ2) is 5.84. The van der Waals surface area contributed by atoms with E-state index >= 15 is 0 Å². The van der Waals surface area contributed by atoms with Crippen molar-refractivity contribution in [2.24, 2.45) is 0 Å². The molecule has 0 spiro atoms. The van der Waals surface area contributed by atoms with Crippen molar-refractivity contribution in [2.45, 2.75) is 19.1 Å². The summed E-state index contributed by atoms with van der Waals surface area (Å²) in [7, 11) is 16.4. The van der Waals surface area contributed by atoms with Crippen molar-refractivity contribution >= 4 is 56.5 Å². The fraction of sp³-hybridized carbons (Fsp3) is 0.214. The minimum Gasteiger partial charge on any atom is -0.375 e. The van der Waals surface area contributed by atoms with E-state index in [9.17, 15) is 4.79 Å². The molecule has 3 aromatic rings. The Hall–Kier alpha value is -1.96. The molecule has 0 saturated carbocycles. The average Bonchev–Trinajstić information content (AvgIpc) is 2.79. The van der Waals surface area contributed by atoms with E-state index in [0.29, 0.717) is 5.39 Å². The maximum Gasteiger partial charge on any atom is 0.263 e. The number of nitrogens with one attached hydrogen (secondary N) is 2. The van der Waals surface area contributed by atoms with Crippen molar-refractivity contribution in [3.05, 3.63) is 44.3 Å². The van der Waals surface area contributed by atoms with Gasteiger partial charge in [-0.15, -0.1) is 5.10 Å². The molecule has 0 aliphatic heterocycles. The van der Waals surface area contributed by atoms with Crippen LogP contribution >= 0.6 is 15.9 Å². The zero-order valence-corrected chi connectivity index (χ0v) is 14.7. The molecule has 24 heavy (non-hydrogen) atoms. The van der Waals surface area contributed by atoms with Gasteiger partial charge in [-0.1, -0.05) is 21.2 Å². The van der Waals surface area contributed by atoms with Gasteiger partial charge in [0, 0.05) is 10.7 Å². The first-order valence-corrected chi connectivity index (χ1v) is 7.85. The standard InChI is InChI=1S/C14H11B3BrN5O/c1-6-3-8(18)4-7(2)10(6)23-5-9-11(22-23)19-13(20-12(9)24)21-14(15,16)17/h3-5H,1-2H3,(H2,19,20,21,22,24). The van der Waals surface area contributed by atoms with Gasteiger partial charge in [0.25, 0.3) is 5.56 Å². The van der Waals surface area contributed by atoms with Crippen LogP contribution in [0.1, 0.15) is 11.1 Å². The topological polar surface area (TPSA) is 75.6 Å². The van der Waals surface area contributed by atoms with Crippen LogP contribution in [0.5, 0.6) is 0 Å². The summed E-state index contributed by atoms with van der Waals surface area (Å²) < 4.78 is 2.61. The van der Waals surface area contributed by atoms with Crippen LogP contribution < -0.4 is 10.9 Å². The lowest BCUT2D eigenvalue weighted by Gasteiger charge is -2.21. The summed E-state index contributed by atoms with van der Waals surface area (Å²) >= 11 is 3.46. The third-order valence-corrected chi connectivity index (χ3v) is 3.87. The molecule has 0 saturated heterocycles. The summed E-state index contributed by atoms with van der Waals surface area (Å²) in [6.07, 6.45) is 1.63. The van der Waals surface area contributed by atoms with Crippen molar-refractivity contribution in [3.63, 3.8) is 0 Å². The lowest BCUT2D eigenvalue weighted by Crippen LogP contribution is -2.41. The Balaban J connectivity index is 2.16. The maximum atomic E-state index is 12.2. The normalized spacial score (nSPS) is 11.8. The predicted molar refractivity (Wildman–Crippen MR) is 100 cm³/mol. The number of rotatable bonds is 3. The van der Waals surface area contributed by atoms with Crippen molar-refractivity contribution in [2.75, 3.05) is 5.32 Å². The van der Waals surface area contributed by atoms with Crippen molar-refractivity contribution in [3.8, 4) is 5.69 Å². The molecule has 0 atom stereocenters. The van der Waals surface area contributed by atoms with E-state index in [0.717, 1.165) is 21.3 Å². The van der Waals surface area contributed by atoms with E-state index in [1.807, 2.05) is 26.0 Å². The van der Waals surface area contributed by atoms with Gasteiger partial charge in [0.2, 0.25) is 5.95 Å². The molecule has 0 aliphatic carbocycles. The number of benzene rings is 1. The highest BCUT2D eigenvalue weighted by atomic mass is 79.9. The Morgan fingerprint density at radius 1 is 1.25 bits per heavy atom. The molecule has 0 bridgehead atoms. The summed E-state index contributed by atoms with van der Waals surface area (Å²) in [5.74, 6) is 0.0505. The Morgan fingerprint density at radius 2 is 1.88 bits per heavy atom.